The lowest BCUT2D eigenvalue weighted by Gasteiger charge is -2.30. The quantitative estimate of drug-likeness (QED) is 0.610. The molecule has 0 saturated carbocycles. The number of anilines is 1. The van der Waals surface area contributed by atoms with Gasteiger partial charge in [0, 0.05) is 28.4 Å². The van der Waals surface area contributed by atoms with Crippen molar-refractivity contribution in [3.63, 3.8) is 0 Å². The molecule has 1 aromatic carbocycles. The fraction of sp³-hybridized carbons (Fsp3) is 0.571. The number of benzene rings is 1. The van der Waals surface area contributed by atoms with Crippen LogP contribution >= 0.6 is 27.7 Å². The highest BCUT2D eigenvalue weighted by Crippen LogP contribution is 2.53. The summed E-state index contributed by atoms with van der Waals surface area (Å²) in [6, 6.07) is 5.35. The molecular weight excluding hydrogens is 470 g/mol. The number of thioether (sulfide) groups is 1. The number of halogens is 1. The number of nitrogens with one attached hydrogen (secondary N) is 2. The molecule has 0 aromatic heterocycles. The predicted octanol–water partition coefficient (Wildman–Crippen LogP) is 2.10. The van der Waals surface area contributed by atoms with Crippen LogP contribution in [0.15, 0.2) is 22.7 Å². The molecule has 3 saturated heterocycles. The number of carbonyl (C=O) groups excluding carboxylic acids is 3. The van der Waals surface area contributed by atoms with Crippen LogP contribution in [0.25, 0.3) is 0 Å². The van der Waals surface area contributed by atoms with Crippen molar-refractivity contribution in [3.8, 4) is 0 Å². The predicted molar refractivity (Wildman–Crippen MR) is 117 cm³/mol. The van der Waals surface area contributed by atoms with E-state index in [-0.39, 0.29) is 36.4 Å². The summed E-state index contributed by atoms with van der Waals surface area (Å²) in [5, 5.41) is 6.40. The van der Waals surface area contributed by atoms with Crippen LogP contribution in [0.5, 0.6) is 0 Å². The number of ether oxygens (including phenoxy) is 1. The van der Waals surface area contributed by atoms with E-state index in [1.807, 2.05) is 24.5 Å². The van der Waals surface area contributed by atoms with Crippen LogP contribution in [-0.4, -0.2) is 59.9 Å². The molecule has 0 aliphatic carbocycles. The number of hydrogen-bond donors (Lipinski definition) is 2. The molecule has 160 valence electrons. The van der Waals surface area contributed by atoms with Crippen molar-refractivity contribution in [1.29, 1.82) is 0 Å². The molecule has 4 aliphatic rings. The Hall–Kier alpha value is -1.42. The highest BCUT2D eigenvalue weighted by atomic mass is 79.9. The number of amides is 3. The Labute approximate surface area is 187 Å². The van der Waals surface area contributed by atoms with Crippen molar-refractivity contribution in [3.05, 3.63) is 28.2 Å². The maximum Gasteiger partial charge on any atom is 0.250 e. The third-order valence-electron chi connectivity index (χ3n) is 6.81. The number of carbonyl (C=O) groups is 3. The summed E-state index contributed by atoms with van der Waals surface area (Å²) in [6.45, 7) is 0.947. The van der Waals surface area contributed by atoms with Crippen LogP contribution in [0.1, 0.15) is 24.8 Å². The van der Waals surface area contributed by atoms with Gasteiger partial charge in [-0.1, -0.05) is 15.9 Å². The minimum atomic E-state index is -1.22. The van der Waals surface area contributed by atoms with Crippen molar-refractivity contribution in [2.75, 3.05) is 30.5 Å². The summed E-state index contributed by atoms with van der Waals surface area (Å²) < 4.78 is 6.51. The molecule has 3 fully saturated rings. The molecule has 1 aromatic rings. The van der Waals surface area contributed by atoms with Crippen LogP contribution in [-0.2, 0) is 24.7 Å². The lowest BCUT2D eigenvalue weighted by molar-refractivity contribution is -0.144. The summed E-state index contributed by atoms with van der Waals surface area (Å²) >= 11 is 5.19. The second-order valence-corrected chi connectivity index (χ2v) is 10.3. The lowest BCUT2D eigenvalue weighted by atomic mass is 9.76. The highest BCUT2D eigenvalue weighted by Gasteiger charge is 2.70. The number of likely N-dealkylation sites (tertiary alicyclic amines) is 1. The van der Waals surface area contributed by atoms with Crippen molar-refractivity contribution >= 4 is 51.1 Å². The fourth-order valence-corrected chi connectivity index (χ4v) is 6.35. The summed E-state index contributed by atoms with van der Waals surface area (Å²) in [5.41, 5.74) is 0.215. The molecule has 4 aliphatic heterocycles. The van der Waals surface area contributed by atoms with Crippen LogP contribution in [0.4, 0.5) is 5.69 Å². The topological polar surface area (TPSA) is 87.7 Å². The third-order valence-corrected chi connectivity index (χ3v) is 7.95. The summed E-state index contributed by atoms with van der Waals surface area (Å²) in [6.07, 6.45) is 4.42. The number of rotatable bonds is 5. The maximum absolute atomic E-state index is 13.6. The third kappa shape index (κ3) is 2.89. The van der Waals surface area contributed by atoms with E-state index in [0.717, 1.165) is 28.6 Å². The van der Waals surface area contributed by atoms with E-state index in [2.05, 4.69) is 26.6 Å². The Morgan fingerprint density at radius 2 is 2.13 bits per heavy atom. The molecule has 9 heteroatoms. The van der Waals surface area contributed by atoms with Crippen molar-refractivity contribution in [1.82, 2.24) is 10.2 Å². The Bertz CT molecular complexity index is 922. The van der Waals surface area contributed by atoms with E-state index in [4.69, 9.17) is 4.74 Å². The van der Waals surface area contributed by atoms with E-state index in [0.29, 0.717) is 18.7 Å². The van der Waals surface area contributed by atoms with E-state index in [1.54, 1.807) is 11.8 Å². The molecule has 0 radical (unpaired) electrons. The van der Waals surface area contributed by atoms with Gasteiger partial charge in [-0.25, -0.2) is 0 Å². The Kier molecular flexibility index (Phi) is 5.20. The number of imide groups is 1. The number of nitrogens with zero attached hydrogens (tertiary/aromatic N) is 1. The smallest absolute Gasteiger partial charge is 0.250 e. The molecule has 30 heavy (non-hydrogen) atoms. The zero-order valence-corrected chi connectivity index (χ0v) is 19.1. The SMILES string of the molecule is CSCCC1NC2(C(=O)Nc3ccc(Br)cc32)C2C(=O)N(CC3CCCO3)C(=O)C12. The van der Waals surface area contributed by atoms with Gasteiger partial charge in [-0.2, -0.15) is 11.8 Å². The van der Waals surface area contributed by atoms with Gasteiger partial charge in [-0.15, -0.1) is 0 Å². The molecule has 5 unspecified atom stereocenters. The lowest BCUT2D eigenvalue weighted by Crippen LogP contribution is -2.53. The first-order valence-corrected chi connectivity index (χ1v) is 12.5. The maximum atomic E-state index is 13.6. The monoisotopic (exact) mass is 493 g/mol. The molecule has 0 bridgehead atoms. The zero-order valence-electron chi connectivity index (χ0n) is 16.7. The first-order chi connectivity index (χ1) is 14.5. The van der Waals surface area contributed by atoms with Gasteiger partial charge in [-0.3, -0.25) is 24.6 Å². The second-order valence-electron chi connectivity index (χ2n) is 8.41. The Balaban J connectivity index is 1.57. The summed E-state index contributed by atoms with van der Waals surface area (Å²) in [5.74, 6) is -1.13. The summed E-state index contributed by atoms with van der Waals surface area (Å²) in [4.78, 5) is 41.8. The van der Waals surface area contributed by atoms with Gasteiger partial charge in [0.05, 0.1) is 24.5 Å². The van der Waals surface area contributed by atoms with Crippen LogP contribution in [0.2, 0.25) is 0 Å². The van der Waals surface area contributed by atoms with E-state index in [1.165, 1.54) is 4.90 Å². The molecule has 5 atom stereocenters. The molecule has 7 nitrogen and oxygen atoms in total. The molecule has 2 N–H and O–H groups in total. The number of hydrogen-bond acceptors (Lipinski definition) is 6. The normalized spacial score (nSPS) is 34.7. The van der Waals surface area contributed by atoms with Crippen LogP contribution < -0.4 is 10.6 Å². The van der Waals surface area contributed by atoms with Gasteiger partial charge < -0.3 is 10.1 Å². The molecular formula is C21H24BrN3O4S. The average molecular weight is 494 g/mol. The molecule has 4 heterocycles. The first-order valence-electron chi connectivity index (χ1n) is 10.3. The van der Waals surface area contributed by atoms with Gasteiger partial charge in [-0.05, 0) is 49.5 Å². The van der Waals surface area contributed by atoms with Gasteiger partial charge in [0.1, 0.15) is 5.54 Å². The largest absolute Gasteiger partial charge is 0.376 e. The summed E-state index contributed by atoms with van der Waals surface area (Å²) in [7, 11) is 0. The van der Waals surface area contributed by atoms with E-state index in [9.17, 15) is 14.4 Å². The van der Waals surface area contributed by atoms with Gasteiger partial charge in [0.2, 0.25) is 17.7 Å². The average Bonchev–Trinajstić information content (AvgIpc) is 3.46. The standard InChI is InChI=1S/C21H24BrN3O4S/c1-30-8-6-15-16-17(19(27)25(18(16)26)10-12-3-2-7-29-12)21(24-15)13-9-11(22)4-5-14(13)23-20(21)28/h4-5,9,12,15-17,24H,2-3,6-8,10H2,1H3,(H,23,28). The minimum absolute atomic E-state index is 0.107. The highest BCUT2D eigenvalue weighted by molar-refractivity contribution is 9.10. The minimum Gasteiger partial charge on any atom is -0.376 e. The van der Waals surface area contributed by atoms with E-state index < -0.39 is 17.4 Å². The van der Waals surface area contributed by atoms with Crippen molar-refractivity contribution < 1.29 is 19.1 Å². The van der Waals surface area contributed by atoms with Gasteiger partial charge >= 0.3 is 0 Å². The van der Waals surface area contributed by atoms with Crippen molar-refractivity contribution in [2.45, 2.75) is 36.9 Å². The van der Waals surface area contributed by atoms with Crippen molar-refractivity contribution in [2.24, 2.45) is 11.8 Å². The first kappa shape index (κ1) is 20.5. The Morgan fingerprint density at radius 3 is 2.87 bits per heavy atom. The van der Waals surface area contributed by atoms with Crippen LogP contribution in [0, 0.1) is 11.8 Å². The van der Waals surface area contributed by atoms with Crippen LogP contribution in [0.3, 0.4) is 0 Å². The Morgan fingerprint density at radius 1 is 1.30 bits per heavy atom. The fourth-order valence-electron chi connectivity index (χ4n) is 5.50. The second kappa shape index (κ2) is 7.62. The van der Waals surface area contributed by atoms with Gasteiger partial charge in [0.25, 0.3) is 0 Å². The molecule has 5 rings (SSSR count). The van der Waals surface area contributed by atoms with Gasteiger partial charge in [0.15, 0.2) is 0 Å². The molecule has 1 spiro atoms. The zero-order chi connectivity index (χ0) is 21.0. The number of fused-ring (bicyclic) bond motifs is 4. The molecule has 3 amide bonds. The van der Waals surface area contributed by atoms with E-state index >= 15 is 0 Å².